The molecule has 1 atom stereocenters. The van der Waals surface area contributed by atoms with Gasteiger partial charge in [-0.15, -0.1) is 12.4 Å². The maximum absolute atomic E-state index is 13.2. The zero-order chi connectivity index (χ0) is 14.0. The molecule has 0 saturated heterocycles. The summed E-state index contributed by atoms with van der Waals surface area (Å²) in [5, 5.41) is 8.74. The lowest BCUT2D eigenvalue weighted by molar-refractivity contribution is 0.622. The monoisotopic (exact) mass is 314 g/mol. The first-order valence-corrected chi connectivity index (χ1v) is 5.81. The third-order valence-corrected chi connectivity index (χ3v) is 3.06. The minimum Gasteiger partial charge on any atom is -0.320 e. The Morgan fingerprint density at radius 3 is 2.15 bits per heavy atom. The van der Waals surface area contributed by atoms with Gasteiger partial charge in [0.2, 0.25) is 0 Å². The number of rotatable bonds is 2. The lowest BCUT2D eigenvalue weighted by Crippen LogP contribution is -2.12. The standard InChI is InChI=1S/C14H9ClF2N2.ClH/c15-11-6-9(2-4-13(11)17)14(19)8-1-3-12(16)10(5-8)7-18;/h1-6,14H,19H2;1H. The summed E-state index contributed by atoms with van der Waals surface area (Å²) in [5.74, 6) is -1.13. The number of benzene rings is 2. The fraction of sp³-hybridized carbons (Fsp3) is 0.0714. The Hall–Kier alpha value is -1.67. The molecule has 0 spiro atoms. The summed E-state index contributed by atoms with van der Waals surface area (Å²) in [6.07, 6.45) is 0. The van der Waals surface area contributed by atoms with Crippen LogP contribution in [0.4, 0.5) is 8.78 Å². The first kappa shape index (κ1) is 16.4. The molecule has 0 aliphatic carbocycles. The van der Waals surface area contributed by atoms with Crippen molar-refractivity contribution in [3.63, 3.8) is 0 Å². The predicted molar refractivity (Wildman–Crippen MR) is 75.8 cm³/mol. The number of nitrogens with two attached hydrogens (primary N) is 1. The topological polar surface area (TPSA) is 49.8 Å². The molecule has 0 fully saturated rings. The predicted octanol–water partition coefficient (Wildman–Crippen LogP) is 3.96. The second-order valence-electron chi connectivity index (χ2n) is 4.00. The molecule has 0 amide bonds. The Kier molecular flexibility index (Phi) is 5.46. The average molecular weight is 315 g/mol. The Labute approximate surface area is 126 Å². The van der Waals surface area contributed by atoms with Gasteiger partial charge in [-0.3, -0.25) is 0 Å². The van der Waals surface area contributed by atoms with Gasteiger partial charge < -0.3 is 5.73 Å². The number of hydrogen-bond donors (Lipinski definition) is 1. The molecule has 1 unspecified atom stereocenters. The maximum Gasteiger partial charge on any atom is 0.141 e. The van der Waals surface area contributed by atoms with E-state index in [9.17, 15) is 8.78 Å². The molecule has 0 saturated carbocycles. The van der Waals surface area contributed by atoms with Crippen molar-refractivity contribution in [1.29, 1.82) is 5.26 Å². The highest BCUT2D eigenvalue weighted by atomic mass is 35.5. The van der Waals surface area contributed by atoms with E-state index >= 15 is 0 Å². The van der Waals surface area contributed by atoms with Crippen molar-refractivity contribution in [3.05, 3.63) is 69.7 Å². The van der Waals surface area contributed by atoms with Crippen LogP contribution >= 0.6 is 24.0 Å². The van der Waals surface area contributed by atoms with Gasteiger partial charge in [0, 0.05) is 0 Å². The Balaban J connectivity index is 0.00000200. The van der Waals surface area contributed by atoms with Crippen molar-refractivity contribution in [2.45, 2.75) is 6.04 Å². The fourth-order valence-electron chi connectivity index (χ4n) is 1.72. The molecule has 0 radical (unpaired) electrons. The minimum absolute atomic E-state index is 0. The van der Waals surface area contributed by atoms with Crippen molar-refractivity contribution >= 4 is 24.0 Å². The Bertz CT molecular complexity index is 669. The van der Waals surface area contributed by atoms with Gasteiger partial charge in [0.15, 0.2) is 0 Å². The number of halogens is 4. The quantitative estimate of drug-likeness (QED) is 0.912. The summed E-state index contributed by atoms with van der Waals surface area (Å²) in [5.41, 5.74) is 7.05. The van der Waals surface area contributed by atoms with Crippen molar-refractivity contribution in [2.75, 3.05) is 0 Å². The van der Waals surface area contributed by atoms with Crippen molar-refractivity contribution < 1.29 is 8.78 Å². The SMILES string of the molecule is Cl.N#Cc1cc(C(N)c2ccc(F)c(Cl)c2)ccc1F. The van der Waals surface area contributed by atoms with E-state index in [2.05, 4.69) is 0 Å². The second-order valence-corrected chi connectivity index (χ2v) is 4.41. The van der Waals surface area contributed by atoms with Crippen LogP contribution in [-0.2, 0) is 0 Å². The molecule has 2 nitrogen and oxygen atoms in total. The lowest BCUT2D eigenvalue weighted by Gasteiger charge is -2.13. The smallest absolute Gasteiger partial charge is 0.141 e. The van der Waals surface area contributed by atoms with E-state index in [1.54, 1.807) is 6.07 Å². The van der Waals surface area contributed by atoms with E-state index in [4.69, 9.17) is 22.6 Å². The lowest BCUT2D eigenvalue weighted by atomic mass is 9.98. The van der Waals surface area contributed by atoms with Crippen LogP contribution in [0.1, 0.15) is 22.7 Å². The van der Waals surface area contributed by atoms with Crippen LogP contribution in [0.15, 0.2) is 36.4 Å². The summed E-state index contributed by atoms with van der Waals surface area (Å²) in [6.45, 7) is 0. The molecule has 2 aromatic rings. The van der Waals surface area contributed by atoms with Crippen LogP contribution in [0.2, 0.25) is 5.02 Å². The summed E-state index contributed by atoms with van der Waals surface area (Å²) in [4.78, 5) is 0. The third kappa shape index (κ3) is 3.26. The first-order valence-electron chi connectivity index (χ1n) is 5.43. The van der Waals surface area contributed by atoms with Crippen LogP contribution < -0.4 is 5.73 Å². The van der Waals surface area contributed by atoms with E-state index in [1.807, 2.05) is 0 Å². The number of hydrogen-bond acceptors (Lipinski definition) is 2. The van der Waals surface area contributed by atoms with Gasteiger partial charge in [0.1, 0.15) is 17.7 Å². The zero-order valence-corrected chi connectivity index (χ0v) is 11.7. The highest BCUT2D eigenvalue weighted by molar-refractivity contribution is 6.30. The molecule has 0 aromatic heterocycles. The summed E-state index contributed by atoms with van der Waals surface area (Å²) >= 11 is 5.69. The molecule has 2 rings (SSSR count). The van der Waals surface area contributed by atoms with E-state index < -0.39 is 17.7 Å². The molecule has 6 heteroatoms. The molecule has 0 heterocycles. The molecule has 2 aromatic carbocycles. The molecule has 0 aliphatic rings. The van der Waals surface area contributed by atoms with Crippen molar-refractivity contribution in [3.8, 4) is 6.07 Å². The summed E-state index contributed by atoms with van der Waals surface area (Å²) < 4.78 is 26.3. The average Bonchev–Trinajstić information content (AvgIpc) is 2.41. The number of nitrogens with zero attached hydrogens (tertiary/aromatic N) is 1. The third-order valence-electron chi connectivity index (χ3n) is 2.77. The van der Waals surface area contributed by atoms with Crippen LogP contribution in [-0.4, -0.2) is 0 Å². The summed E-state index contributed by atoms with van der Waals surface area (Å²) in [6, 6.07) is 9.31. The van der Waals surface area contributed by atoms with Gasteiger partial charge in [-0.2, -0.15) is 5.26 Å². The van der Waals surface area contributed by atoms with Crippen LogP contribution in [0.3, 0.4) is 0 Å². The van der Waals surface area contributed by atoms with Gasteiger partial charge in [0.25, 0.3) is 0 Å². The highest BCUT2D eigenvalue weighted by Crippen LogP contribution is 2.25. The maximum atomic E-state index is 13.2. The Morgan fingerprint density at radius 2 is 1.60 bits per heavy atom. The largest absolute Gasteiger partial charge is 0.320 e. The van der Waals surface area contributed by atoms with Gasteiger partial charge in [0.05, 0.1) is 16.6 Å². The zero-order valence-electron chi connectivity index (χ0n) is 10.1. The molecule has 104 valence electrons. The van der Waals surface area contributed by atoms with Crippen LogP contribution in [0.5, 0.6) is 0 Å². The Morgan fingerprint density at radius 1 is 1.05 bits per heavy atom. The van der Waals surface area contributed by atoms with Crippen molar-refractivity contribution in [2.24, 2.45) is 5.73 Å². The van der Waals surface area contributed by atoms with Gasteiger partial charge in [-0.1, -0.05) is 23.7 Å². The molecule has 20 heavy (non-hydrogen) atoms. The van der Waals surface area contributed by atoms with E-state index in [1.165, 1.54) is 36.4 Å². The molecule has 0 aliphatic heterocycles. The van der Waals surface area contributed by atoms with E-state index in [0.717, 1.165) is 0 Å². The molecular formula is C14H10Cl2F2N2. The van der Waals surface area contributed by atoms with Gasteiger partial charge in [-0.05, 0) is 35.4 Å². The van der Waals surface area contributed by atoms with E-state index in [-0.39, 0.29) is 23.0 Å². The molecular weight excluding hydrogens is 305 g/mol. The van der Waals surface area contributed by atoms with Crippen LogP contribution in [0.25, 0.3) is 0 Å². The van der Waals surface area contributed by atoms with Gasteiger partial charge >= 0.3 is 0 Å². The van der Waals surface area contributed by atoms with Gasteiger partial charge in [-0.25, -0.2) is 8.78 Å². The van der Waals surface area contributed by atoms with Crippen molar-refractivity contribution in [1.82, 2.24) is 0 Å². The molecule has 0 bridgehead atoms. The molecule has 2 N–H and O–H groups in total. The second kappa shape index (κ2) is 6.67. The number of nitriles is 1. The fourth-order valence-corrected chi connectivity index (χ4v) is 1.91. The van der Waals surface area contributed by atoms with E-state index in [0.29, 0.717) is 11.1 Å². The van der Waals surface area contributed by atoms with Crippen LogP contribution in [0, 0.1) is 23.0 Å². The minimum atomic E-state index is -0.606. The highest BCUT2D eigenvalue weighted by Gasteiger charge is 2.13. The first-order chi connectivity index (χ1) is 9.02. The normalized spacial score (nSPS) is 11.3. The summed E-state index contributed by atoms with van der Waals surface area (Å²) in [7, 11) is 0.